The zero-order valence-electron chi connectivity index (χ0n) is 13.3. The zero-order chi connectivity index (χ0) is 15.1. The summed E-state index contributed by atoms with van der Waals surface area (Å²) in [5.74, 6) is 1.63. The number of hydrogen-bond donors (Lipinski definition) is 1. The molecule has 1 aromatic heterocycles. The molecule has 4 heteroatoms. The average Bonchev–Trinajstić information content (AvgIpc) is 2.90. The highest BCUT2D eigenvalue weighted by Crippen LogP contribution is 2.17. The highest BCUT2D eigenvalue weighted by atomic mass is 15.3. The maximum absolute atomic E-state index is 4.45. The second kappa shape index (κ2) is 7.93. The second-order valence-corrected chi connectivity index (χ2v) is 5.87. The molecule has 1 heterocycles. The lowest BCUT2D eigenvalue weighted by Crippen LogP contribution is -2.25. The molecule has 114 valence electrons. The third kappa shape index (κ3) is 4.67. The number of nitrogens with one attached hydrogen (secondary N) is 1. The number of nitrogens with zero attached hydrogens (tertiary/aromatic N) is 3. The van der Waals surface area contributed by atoms with Crippen molar-refractivity contribution in [2.24, 2.45) is 5.92 Å². The van der Waals surface area contributed by atoms with E-state index in [1.54, 1.807) is 6.33 Å². The fraction of sp³-hybridized carbons (Fsp3) is 0.529. The maximum atomic E-state index is 4.45. The molecule has 0 amide bonds. The van der Waals surface area contributed by atoms with Crippen molar-refractivity contribution >= 4 is 0 Å². The normalized spacial score (nSPS) is 12.8. The highest BCUT2D eigenvalue weighted by molar-refractivity contribution is 5.20. The minimum atomic E-state index is 0.293. The molecule has 0 spiro atoms. The van der Waals surface area contributed by atoms with Gasteiger partial charge in [0.15, 0.2) is 0 Å². The number of rotatable bonds is 8. The van der Waals surface area contributed by atoms with Crippen molar-refractivity contribution in [1.29, 1.82) is 0 Å². The lowest BCUT2D eigenvalue weighted by molar-refractivity contribution is 0.444. The summed E-state index contributed by atoms with van der Waals surface area (Å²) in [6, 6.07) is 10.9. The molecule has 0 aliphatic heterocycles. The van der Waals surface area contributed by atoms with Gasteiger partial charge in [-0.2, -0.15) is 5.10 Å². The van der Waals surface area contributed by atoms with Crippen molar-refractivity contribution in [3.8, 4) is 0 Å². The Bertz CT molecular complexity index is 519. The summed E-state index contributed by atoms with van der Waals surface area (Å²) >= 11 is 0. The summed E-state index contributed by atoms with van der Waals surface area (Å²) in [4.78, 5) is 4.45. The fourth-order valence-corrected chi connectivity index (χ4v) is 2.44. The van der Waals surface area contributed by atoms with E-state index < -0.39 is 0 Å². The number of benzene rings is 1. The number of aromatic nitrogens is 3. The van der Waals surface area contributed by atoms with Crippen LogP contribution in [0.2, 0.25) is 0 Å². The summed E-state index contributed by atoms with van der Waals surface area (Å²) in [6.45, 7) is 8.53. The lowest BCUT2D eigenvalue weighted by Gasteiger charge is -2.19. The monoisotopic (exact) mass is 286 g/mol. The van der Waals surface area contributed by atoms with Crippen LogP contribution in [0.15, 0.2) is 36.7 Å². The molecule has 1 aromatic carbocycles. The molecular formula is C17H26N4. The van der Waals surface area contributed by atoms with Gasteiger partial charge in [0, 0.05) is 19.0 Å². The van der Waals surface area contributed by atoms with Crippen LogP contribution in [0.1, 0.15) is 44.6 Å². The zero-order valence-corrected chi connectivity index (χ0v) is 13.3. The molecule has 0 fully saturated rings. The Morgan fingerprint density at radius 3 is 2.62 bits per heavy atom. The molecular weight excluding hydrogens is 260 g/mol. The van der Waals surface area contributed by atoms with Gasteiger partial charge in [-0.1, -0.05) is 51.1 Å². The molecule has 2 rings (SSSR count). The van der Waals surface area contributed by atoms with E-state index in [2.05, 4.69) is 66.5 Å². The molecule has 0 aliphatic carbocycles. The third-order valence-corrected chi connectivity index (χ3v) is 3.46. The van der Waals surface area contributed by atoms with Gasteiger partial charge in [0.1, 0.15) is 12.2 Å². The molecule has 0 saturated carbocycles. The fourth-order valence-electron chi connectivity index (χ4n) is 2.44. The van der Waals surface area contributed by atoms with Crippen LogP contribution in [0.5, 0.6) is 0 Å². The second-order valence-electron chi connectivity index (χ2n) is 5.87. The standard InChI is InChI=1S/C17H26N4/c1-4-10-18-16(15-8-6-5-7-9-15)11-17-19-13-20-21(17)12-14(2)3/h5-9,13-14,16,18H,4,10-12H2,1-3H3. The molecule has 0 aliphatic rings. The largest absolute Gasteiger partial charge is 0.310 e. The lowest BCUT2D eigenvalue weighted by atomic mass is 10.0. The van der Waals surface area contributed by atoms with Gasteiger partial charge in [0.2, 0.25) is 0 Å². The van der Waals surface area contributed by atoms with Gasteiger partial charge >= 0.3 is 0 Å². The molecule has 0 bridgehead atoms. The Kier molecular flexibility index (Phi) is 5.93. The van der Waals surface area contributed by atoms with Crippen LogP contribution >= 0.6 is 0 Å². The van der Waals surface area contributed by atoms with Crippen molar-refractivity contribution < 1.29 is 0 Å². The predicted molar refractivity (Wildman–Crippen MR) is 86.0 cm³/mol. The molecule has 21 heavy (non-hydrogen) atoms. The minimum absolute atomic E-state index is 0.293. The first-order chi connectivity index (χ1) is 10.2. The van der Waals surface area contributed by atoms with Gasteiger partial charge in [-0.15, -0.1) is 0 Å². The van der Waals surface area contributed by atoms with Crippen molar-refractivity contribution in [2.45, 2.75) is 46.2 Å². The van der Waals surface area contributed by atoms with Crippen molar-refractivity contribution in [2.75, 3.05) is 6.54 Å². The van der Waals surface area contributed by atoms with Gasteiger partial charge in [-0.25, -0.2) is 9.67 Å². The Morgan fingerprint density at radius 1 is 1.19 bits per heavy atom. The van der Waals surface area contributed by atoms with Crippen LogP contribution in [0.25, 0.3) is 0 Å². The van der Waals surface area contributed by atoms with E-state index in [1.807, 2.05) is 4.68 Å². The van der Waals surface area contributed by atoms with E-state index >= 15 is 0 Å². The summed E-state index contributed by atoms with van der Waals surface area (Å²) in [6.07, 6.45) is 3.67. The number of hydrogen-bond acceptors (Lipinski definition) is 3. The van der Waals surface area contributed by atoms with Gasteiger partial charge in [-0.3, -0.25) is 0 Å². The van der Waals surface area contributed by atoms with Crippen LogP contribution in [-0.4, -0.2) is 21.3 Å². The smallest absolute Gasteiger partial charge is 0.138 e. The van der Waals surface area contributed by atoms with E-state index in [0.717, 1.165) is 31.8 Å². The van der Waals surface area contributed by atoms with Crippen molar-refractivity contribution in [3.05, 3.63) is 48.0 Å². The van der Waals surface area contributed by atoms with Gasteiger partial charge in [0.05, 0.1) is 0 Å². The molecule has 1 atom stereocenters. The van der Waals surface area contributed by atoms with E-state index in [4.69, 9.17) is 0 Å². The van der Waals surface area contributed by atoms with Gasteiger partial charge < -0.3 is 5.32 Å². The average molecular weight is 286 g/mol. The molecule has 4 nitrogen and oxygen atoms in total. The Labute approximate surface area is 127 Å². The highest BCUT2D eigenvalue weighted by Gasteiger charge is 2.15. The van der Waals surface area contributed by atoms with E-state index in [0.29, 0.717) is 12.0 Å². The SMILES string of the molecule is CCCNC(Cc1ncnn1CC(C)C)c1ccccc1. The Morgan fingerprint density at radius 2 is 1.95 bits per heavy atom. The van der Waals surface area contributed by atoms with Gasteiger partial charge in [-0.05, 0) is 24.4 Å². The summed E-state index contributed by atoms with van der Waals surface area (Å²) in [5, 5.41) is 7.98. The quantitative estimate of drug-likeness (QED) is 0.810. The van der Waals surface area contributed by atoms with Crippen LogP contribution in [0, 0.1) is 5.92 Å². The van der Waals surface area contributed by atoms with Gasteiger partial charge in [0.25, 0.3) is 0 Å². The van der Waals surface area contributed by atoms with Crippen LogP contribution < -0.4 is 5.32 Å². The first kappa shape index (κ1) is 15.7. The summed E-state index contributed by atoms with van der Waals surface area (Å²) < 4.78 is 2.04. The van der Waals surface area contributed by atoms with E-state index in [9.17, 15) is 0 Å². The molecule has 1 N–H and O–H groups in total. The first-order valence-electron chi connectivity index (χ1n) is 7.85. The maximum Gasteiger partial charge on any atom is 0.138 e. The predicted octanol–water partition coefficient (Wildman–Crippen LogP) is 3.22. The molecule has 1 unspecified atom stereocenters. The first-order valence-corrected chi connectivity index (χ1v) is 7.85. The Hall–Kier alpha value is -1.68. The van der Waals surface area contributed by atoms with Crippen LogP contribution in [0.4, 0.5) is 0 Å². The summed E-state index contributed by atoms with van der Waals surface area (Å²) in [7, 11) is 0. The molecule has 2 aromatic rings. The third-order valence-electron chi connectivity index (χ3n) is 3.46. The summed E-state index contributed by atoms with van der Waals surface area (Å²) in [5.41, 5.74) is 1.31. The van der Waals surface area contributed by atoms with Crippen LogP contribution in [0.3, 0.4) is 0 Å². The minimum Gasteiger partial charge on any atom is -0.310 e. The van der Waals surface area contributed by atoms with Crippen LogP contribution in [-0.2, 0) is 13.0 Å². The van der Waals surface area contributed by atoms with E-state index in [-0.39, 0.29) is 0 Å². The Balaban J connectivity index is 2.13. The topological polar surface area (TPSA) is 42.7 Å². The van der Waals surface area contributed by atoms with Crippen molar-refractivity contribution in [1.82, 2.24) is 20.1 Å². The van der Waals surface area contributed by atoms with E-state index in [1.165, 1.54) is 5.56 Å². The van der Waals surface area contributed by atoms with Crippen molar-refractivity contribution in [3.63, 3.8) is 0 Å². The molecule has 0 saturated heterocycles. The molecule has 0 radical (unpaired) electrons.